The summed E-state index contributed by atoms with van der Waals surface area (Å²) in [6.45, 7) is 0.103. The first kappa shape index (κ1) is 21.4. The second-order valence-electron chi connectivity index (χ2n) is 7.16. The van der Waals surface area contributed by atoms with Gasteiger partial charge in [-0.05, 0) is 24.3 Å². The molecule has 33 heavy (non-hydrogen) atoms. The van der Waals surface area contributed by atoms with Gasteiger partial charge in [0.2, 0.25) is 5.95 Å². The van der Waals surface area contributed by atoms with E-state index in [0.29, 0.717) is 27.4 Å². The van der Waals surface area contributed by atoms with Crippen LogP contribution in [0.4, 0.5) is 14.7 Å². The fourth-order valence-corrected chi connectivity index (χ4v) is 4.56. The quantitative estimate of drug-likeness (QED) is 0.504. The van der Waals surface area contributed by atoms with Crippen molar-refractivity contribution in [3.05, 3.63) is 87.0 Å². The number of aliphatic carboxylic acids is 1. The number of aromatic nitrogens is 2. The van der Waals surface area contributed by atoms with Crippen LogP contribution in [-0.2, 0) is 11.3 Å². The molecule has 11 heteroatoms. The molecular formula is C22H14ClF2N5O2S. The number of benzene rings is 2. The van der Waals surface area contributed by atoms with Crippen LogP contribution in [0.2, 0.25) is 5.02 Å². The van der Waals surface area contributed by atoms with Crippen LogP contribution in [0, 0.1) is 11.6 Å². The second kappa shape index (κ2) is 8.45. The van der Waals surface area contributed by atoms with E-state index >= 15 is 0 Å². The van der Waals surface area contributed by atoms with E-state index in [1.165, 1.54) is 35.4 Å². The van der Waals surface area contributed by atoms with E-state index in [2.05, 4.69) is 25.6 Å². The normalized spacial score (nSPS) is 16.6. The van der Waals surface area contributed by atoms with Crippen LogP contribution >= 0.6 is 23.4 Å². The van der Waals surface area contributed by atoms with Gasteiger partial charge in [0.05, 0.1) is 23.5 Å². The van der Waals surface area contributed by atoms with E-state index in [4.69, 9.17) is 16.7 Å². The Bertz CT molecular complexity index is 1340. The van der Waals surface area contributed by atoms with Gasteiger partial charge in [-0.3, -0.25) is 4.99 Å². The van der Waals surface area contributed by atoms with Gasteiger partial charge in [-0.2, -0.15) is 0 Å². The lowest BCUT2D eigenvalue weighted by molar-refractivity contribution is -0.133. The van der Waals surface area contributed by atoms with E-state index in [0.717, 1.165) is 0 Å². The van der Waals surface area contributed by atoms with Crippen LogP contribution in [0.15, 0.2) is 58.7 Å². The number of nitrogens with zero attached hydrogens (tertiary/aromatic N) is 3. The largest absolute Gasteiger partial charge is 0.477 e. The molecule has 0 saturated heterocycles. The minimum Gasteiger partial charge on any atom is -0.477 e. The molecule has 0 amide bonds. The topological polar surface area (TPSA) is 99.5 Å². The number of carboxylic acid groups (broad SMARTS) is 1. The Hall–Kier alpha value is -3.50. The Balaban J connectivity index is 1.56. The molecule has 0 fully saturated rings. The lowest BCUT2D eigenvalue weighted by Crippen LogP contribution is -2.31. The third kappa shape index (κ3) is 4.03. The maximum atomic E-state index is 14.6. The molecule has 1 atom stereocenters. The summed E-state index contributed by atoms with van der Waals surface area (Å²) < 4.78 is 29.2. The Morgan fingerprint density at radius 2 is 2.00 bits per heavy atom. The molecule has 0 radical (unpaired) electrons. The highest BCUT2D eigenvalue weighted by atomic mass is 35.5. The molecule has 5 rings (SSSR count). The van der Waals surface area contributed by atoms with Gasteiger partial charge < -0.3 is 15.7 Å². The van der Waals surface area contributed by atoms with Crippen LogP contribution in [0.3, 0.4) is 0 Å². The molecule has 0 aliphatic carbocycles. The summed E-state index contributed by atoms with van der Waals surface area (Å²) in [5.74, 6) is -2.28. The first-order valence-corrected chi connectivity index (χ1v) is 11.0. The van der Waals surface area contributed by atoms with E-state index in [9.17, 15) is 13.6 Å². The number of thioether (sulfide) groups is 1. The lowest BCUT2D eigenvalue weighted by atomic mass is 9.95. The van der Waals surface area contributed by atoms with Crippen LogP contribution in [-0.4, -0.2) is 32.3 Å². The number of aliphatic imine (C=N–C) groups is 1. The maximum absolute atomic E-state index is 14.6. The SMILES string of the molecule is O=C(O)C1=CSC(Nc2ncc3c(n2)-c2ccc(Cl)cc2C(c2c(F)cccc2F)=NC3)N1. The summed E-state index contributed by atoms with van der Waals surface area (Å²) in [6.07, 6.45) is 1.58. The third-order valence-electron chi connectivity index (χ3n) is 5.06. The number of anilines is 1. The van der Waals surface area contributed by atoms with E-state index in [1.54, 1.807) is 24.4 Å². The molecule has 2 aromatic carbocycles. The van der Waals surface area contributed by atoms with Crippen molar-refractivity contribution in [2.75, 3.05) is 5.32 Å². The van der Waals surface area contributed by atoms with E-state index in [1.807, 2.05) is 0 Å². The molecule has 1 aromatic heterocycles. The zero-order valence-electron chi connectivity index (χ0n) is 16.6. The van der Waals surface area contributed by atoms with Crippen molar-refractivity contribution < 1.29 is 18.7 Å². The Morgan fingerprint density at radius 3 is 2.73 bits per heavy atom. The Kier molecular flexibility index (Phi) is 5.47. The summed E-state index contributed by atoms with van der Waals surface area (Å²) >= 11 is 7.46. The number of nitrogens with one attached hydrogen (secondary N) is 2. The van der Waals surface area contributed by atoms with Crippen molar-refractivity contribution >= 4 is 41.0 Å². The highest BCUT2D eigenvalue weighted by Gasteiger charge is 2.26. The summed E-state index contributed by atoms with van der Waals surface area (Å²) in [7, 11) is 0. The molecule has 0 bridgehead atoms. The molecular weight excluding hydrogens is 472 g/mol. The van der Waals surface area contributed by atoms with Crippen LogP contribution in [0.25, 0.3) is 11.3 Å². The van der Waals surface area contributed by atoms with Crippen molar-refractivity contribution in [2.45, 2.75) is 12.0 Å². The van der Waals surface area contributed by atoms with Crippen molar-refractivity contribution in [1.82, 2.24) is 15.3 Å². The molecule has 2 aliphatic rings. The van der Waals surface area contributed by atoms with Crippen molar-refractivity contribution in [3.63, 3.8) is 0 Å². The van der Waals surface area contributed by atoms with Gasteiger partial charge in [0.15, 0.2) is 5.50 Å². The smallest absolute Gasteiger partial charge is 0.352 e. The number of hydrogen-bond acceptors (Lipinski definition) is 7. The predicted molar refractivity (Wildman–Crippen MR) is 122 cm³/mol. The molecule has 7 nitrogen and oxygen atoms in total. The average molecular weight is 486 g/mol. The summed E-state index contributed by atoms with van der Waals surface area (Å²) in [5, 5.41) is 16.8. The van der Waals surface area contributed by atoms with Gasteiger partial charge in [0.1, 0.15) is 17.3 Å². The lowest BCUT2D eigenvalue weighted by Gasteiger charge is -2.16. The summed E-state index contributed by atoms with van der Waals surface area (Å²) in [5.41, 5.74) is 1.73. The van der Waals surface area contributed by atoms with Crippen LogP contribution < -0.4 is 10.6 Å². The first-order chi connectivity index (χ1) is 15.9. The zero-order chi connectivity index (χ0) is 23.1. The van der Waals surface area contributed by atoms with Gasteiger partial charge in [-0.15, -0.1) is 0 Å². The van der Waals surface area contributed by atoms with Crippen molar-refractivity contribution in [3.8, 4) is 11.3 Å². The third-order valence-corrected chi connectivity index (χ3v) is 6.18. The molecule has 1 unspecified atom stereocenters. The standard InChI is InChI=1S/C22H14ClF2N5O2S/c23-11-4-5-12-13(6-11)19(17-14(24)2-1-3-15(17)25)26-7-10-8-27-21(29-18(10)12)30-22-28-16(9-33-22)20(31)32/h1-6,8-9,22,28H,7H2,(H,31,32)(H,27,29,30). The predicted octanol–water partition coefficient (Wildman–Crippen LogP) is 4.38. The molecule has 0 spiro atoms. The number of carbonyl (C=O) groups is 1. The second-order valence-corrected chi connectivity index (χ2v) is 8.58. The molecule has 3 heterocycles. The highest BCUT2D eigenvalue weighted by Crippen LogP contribution is 2.34. The van der Waals surface area contributed by atoms with E-state index in [-0.39, 0.29) is 29.5 Å². The van der Waals surface area contributed by atoms with Crippen LogP contribution in [0.5, 0.6) is 0 Å². The van der Waals surface area contributed by atoms with Gasteiger partial charge >= 0.3 is 5.97 Å². The van der Waals surface area contributed by atoms with Gasteiger partial charge in [0, 0.05) is 33.3 Å². The zero-order valence-corrected chi connectivity index (χ0v) is 18.2. The Labute approximate surface area is 195 Å². The fourth-order valence-electron chi connectivity index (χ4n) is 3.58. The maximum Gasteiger partial charge on any atom is 0.352 e. The fraction of sp³-hybridized carbons (Fsp3) is 0.0909. The number of fused-ring (bicyclic) bond motifs is 3. The van der Waals surface area contributed by atoms with Crippen LogP contribution in [0.1, 0.15) is 16.7 Å². The first-order valence-electron chi connectivity index (χ1n) is 9.68. The molecule has 3 N–H and O–H groups in total. The monoisotopic (exact) mass is 485 g/mol. The minimum atomic E-state index is -1.06. The minimum absolute atomic E-state index is 0.0669. The van der Waals surface area contributed by atoms with Gasteiger partial charge in [-0.25, -0.2) is 23.5 Å². The number of hydrogen-bond donors (Lipinski definition) is 3. The highest BCUT2D eigenvalue weighted by molar-refractivity contribution is 8.03. The van der Waals surface area contributed by atoms with Crippen molar-refractivity contribution in [2.24, 2.45) is 4.99 Å². The van der Waals surface area contributed by atoms with Crippen molar-refractivity contribution in [1.29, 1.82) is 0 Å². The molecule has 2 aliphatic heterocycles. The van der Waals surface area contributed by atoms with E-state index < -0.39 is 23.1 Å². The molecule has 3 aromatic rings. The number of rotatable bonds is 4. The summed E-state index contributed by atoms with van der Waals surface area (Å²) in [6, 6.07) is 8.63. The molecule has 166 valence electrons. The number of carboxylic acids is 1. The number of halogens is 3. The molecule has 0 saturated carbocycles. The average Bonchev–Trinajstić information content (AvgIpc) is 3.19. The van der Waals surface area contributed by atoms with Gasteiger partial charge in [0.25, 0.3) is 0 Å². The van der Waals surface area contributed by atoms with Gasteiger partial charge in [-0.1, -0.05) is 35.5 Å². The Morgan fingerprint density at radius 1 is 1.21 bits per heavy atom. The summed E-state index contributed by atoms with van der Waals surface area (Å²) in [4.78, 5) is 24.5.